The molecule has 5 rings (SSSR count). The molecule has 2 unspecified atom stereocenters. The van der Waals surface area contributed by atoms with Crippen molar-refractivity contribution in [1.29, 1.82) is 0 Å². The Morgan fingerprint density at radius 1 is 1.03 bits per heavy atom. The Labute approximate surface area is 202 Å². The molecule has 0 bridgehead atoms. The summed E-state index contributed by atoms with van der Waals surface area (Å²) < 4.78 is 5.54. The van der Waals surface area contributed by atoms with Gasteiger partial charge in [0.1, 0.15) is 18.3 Å². The first-order chi connectivity index (χ1) is 16.9. The van der Waals surface area contributed by atoms with Crippen molar-refractivity contribution >= 4 is 23.7 Å². The van der Waals surface area contributed by atoms with Crippen molar-refractivity contribution < 1.29 is 24.2 Å². The van der Waals surface area contributed by atoms with Crippen LogP contribution in [-0.4, -0.2) is 52.2 Å². The van der Waals surface area contributed by atoms with Gasteiger partial charge < -0.3 is 14.7 Å². The van der Waals surface area contributed by atoms with Gasteiger partial charge in [-0.05, 0) is 46.7 Å². The van der Waals surface area contributed by atoms with Gasteiger partial charge in [-0.2, -0.15) is 0 Å². The van der Waals surface area contributed by atoms with Crippen molar-refractivity contribution in [3.8, 4) is 11.1 Å². The van der Waals surface area contributed by atoms with Crippen molar-refractivity contribution in [2.75, 3.05) is 18.5 Å². The van der Waals surface area contributed by atoms with Crippen LogP contribution in [0.2, 0.25) is 0 Å². The van der Waals surface area contributed by atoms with Gasteiger partial charge in [0.2, 0.25) is 0 Å². The SMILES string of the molecule is CC1CCN(C(=O)c2ccc(NC(=O)OCC3c4ccccc4-c4ccccc43)cn2)C1C(=O)O. The Bertz CT molecular complexity index is 1240. The maximum atomic E-state index is 12.8. The molecule has 2 heterocycles. The first-order valence-corrected chi connectivity index (χ1v) is 11.6. The second-order valence-corrected chi connectivity index (χ2v) is 8.93. The summed E-state index contributed by atoms with van der Waals surface area (Å²) in [5.41, 5.74) is 5.06. The van der Waals surface area contributed by atoms with Crippen molar-refractivity contribution in [1.82, 2.24) is 9.88 Å². The van der Waals surface area contributed by atoms with Gasteiger partial charge in [-0.25, -0.2) is 14.6 Å². The Morgan fingerprint density at radius 3 is 2.29 bits per heavy atom. The fraction of sp³-hybridized carbons (Fsp3) is 0.259. The van der Waals surface area contributed by atoms with Crippen molar-refractivity contribution in [2.45, 2.75) is 25.3 Å². The standard InChI is InChI=1S/C27H25N3O5/c1-16-12-13-30(24(16)26(32)33)25(31)23-11-10-17(14-28-23)29-27(34)35-15-22-20-8-4-2-6-18(20)19-7-3-5-9-21(19)22/h2-11,14,16,22,24H,12-13,15H2,1H3,(H,29,34)(H,32,33). The molecule has 1 saturated heterocycles. The van der Waals surface area contributed by atoms with Gasteiger partial charge >= 0.3 is 12.1 Å². The quantitative estimate of drug-likeness (QED) is 0.572. The van der Waals surface area contributed by atoms with E-state index in [2.05, 4.69) is 34.6 Å². The number of hydrogen-bond acceptors (Lipinski definition) is 5. The minimum atomic E-state index is -1.02. The number of hydrogen-bond donors (Lipinski definition) is 2. The number of benzene rings is 2. The van der Waals surface area contributed by atoms with Crippen LogP contribution in [0, 0.1) is 5.92 Å². The average molecular weight is 472 g/mol. The first kappa shape index (κ1) is 22.6. The van der Waals surface area contributed by atoms with Crippen LogP contribution < -0.4 is 5.32 Å². The summed E-state index contributed by atoms with van der Waals surface area (Å²) in [6.45, 7) is 2.38. The minimum absolute atomic E-state index is 0.0451. The summed E-state index contributed by atoms with van der Waals surface area (Å²) in [7, 11) is 0. The number of carboxylic acid groups (broad SMARTS) is 1. The summed E-state index contributed by atoms with van der Waals surface area (Å²) in [5, 5.41) is 12.1. The van der Waals surface area contributed by atoms with E-state index in [1.54, 1.807) is 6.07 Å². The maximum Gasteiger partial charge on any atom is 0.411 e. The zero-order valence-electron chi connectivity index (χ0n) is 19.2. The van der Waals surface area contributed by atoms with Gasteiger partial charge in [0.05, 0.1) is 11.9 Å². The molecule has 0 spiro atoms. The van der Waals surface area contributed by atoms with E-state index in [1.807, 2.05) is 31.2 Å². The van der Waals surface area contributed by atoms with E-state index in [0.717, 1.165) is 22.3 Å². The second-order valence-electron chi connectivity index (χ2n) is 8.93. The van der Waals surface area contributed by atoms with Gasteiger partial charge in [-0.15, -0.1) is 0 Å². The molecule has 1 aliphatic carbocycles. The number of likely N-dealkylation sites (tertiary alicyclic amines) is 1. The first-order valence-electron chi connectivity index (χ1n) is 11.6. The predicted molar refractivity (Wildman–Crippen MR) is 129 cm³/mol. The molecule has 2 N–H and O–H groups in total. The topological polar surface area (TPSA) is 109 Å². The lowest BCUT2D eigenvalue weighted by Crippen LogP contribution is -2.43. The monoisotopic (exact) mass is 471 g/mol. The van der Waals surface area contributed by atoms with Crippen LogP contribution in [0.4, 0.5) is 10.5 Å². The van der Waals surface area contributed by atoms with E-state index in [-0.39, 0.29) is 24.1 Å². The lowest BCUT2D eigenvalue weighted by Gasteiger charge is -2.23. The zero-order valence-corrected chi connectivity index (χ0v) is 19.2. The van der Waals surface area contributed by atoms with Gasteiger partial charge in [0.15, 0.2) is 0 Å². The fourth-order valence-electron chi connectivity index (χ4n) is 5.05. The van der Waals surface area contributed by atoms with Crippen LogP contribution in [0.5, 0.6) is 0 Å². The largest absolute Gasteiger partial charge is 0.480 e. The van der Waals surface area contributed by atoms with Crippen LogP contribution in [0.15, 0.2) is 66.9 Å². The highest BCUT2D eigenvalue weighted by molar-refractivity contribution is 5.96. The van der Waals surface area contributed by atoms with Gasteiger partial charge in [0, 0.05) is 12.5 Å². The number of anilines is 1. The number of ether oxygens (including phenoxy) is 1. The molecule has 0 radical (unpaired) electrons. The summed E-state index contributed by atoms with van der Waals surface area (Å²) in [5.74, 6) is -1.62. The Kier molecular flexibility index (Phi) is 5.94. The van der Waals surface area contributed by atoms with Gasteiger partial charge in [0.25, 0.3) is 5.91 Å². The van der Waals surface area contributed by atoms with Crippen molar-refractivity contribution in [2.24, 2.45) is 5.92 Å². The molecule has 1 aliphatic heterocycles. The number of aliphatic carboxylic acids is 1. The second kappa shape index (κ2) is 9.21. The van der Waals surface area contributed by atoms with Crippen molar-refractivity contribution in [3.63, 3.8) is 0 Å². The third kappa shape index (κ3) is 4.23. The summed E-state index contributed by atoms with van der Waals surface area (Å²) >= 11 is 0. The molecule has 2 aromatic carbocycles. The Hall–Kier alpha value is -4.20. The highest BCUT2D eigenvalue weighted by atomic mass is 16.5. The Morgan fingerprint density at radius 2 is 1.69 bits per heavy atom. The number of nitrogens with one attached hydrogen (secondary N) is 1. The highest BCUT2D eigenvalue weighted by Gasteiger charge is 2.40. The predicted octanol–water partition coefficient (Wildman–Crippen LogP) is 4.38. The smallest absolute Gasteiger partial charge is 0.411 e. The third-order valence-corrected chi connectivity index (χ3v) is 6.79. The number of pyridine rings is 1. The molecular weight excluding hydrogens is 446 g/mol. The molecule has 1 aromatic heterocycles. The van der Waals surface area contributed by atoms with Crippen LogP contribution in [0.25, 0.3) is 11.1 Å². The molecule has 35 heavy (non-hydrogen) atoms. The maximum absolute atomic E-state index is 12.8. The van der Waals surface area contributed by atoms with Crippen LogP contribution in [0.1, 0.15) is 40.9 Å². The minimum Gasteiger partial charge on any atom is -0.480 e. The zero-order chi connectivity index (χ0) is 24.5. The van der Waals surface area contributed by atoms with Gasteiger partial charge in [-0.3, -0.25) is 10.1 Å². The van der Waals surface area contributed by atoms with E-state index in [9.17, 15) is 19.5 Å². The molecule has 2 amide bonds. The normalized spacial score (nSPS) is 18.6. The van der Waals surface area contributed by atoms with E-state index in [4.69, 9.17) is 4.74 Å². The van der Waals surface area contributed by atoms with Crippen LogP contribution in [-0.2, 0) is 9.53 Å². The van der Waals surface area contributed by atoms with E-state index in [0.29, 0.717) is 18.7 Å². The number of aromatic nitrogens is 1. The van der Waals surface area contributed by atoms with Crippen LogP contribution >= 0.6 is 0 Å². The molecule has 1 fully saturated rings. The van der Waals surface area contributed by atoms with Crippen LogP contribution in [0.3, 0.4) is 0 Å². The number of carbonyl (C=O) groups is 3. The number of carbonyl (C=O) groups excluding carboxylic acids is 2. The molecule has 2 aliphatic rings. The summed E-state index contributed by atoms with van der Waals surface area (Å²) in [6, 6.07) is 18.4. The highest BCUT2D eigenvalue weighted by Crippen LogP contribution is 2.44. The lowest BCUT2D eigenvalue weighted by molar-refractivity contribution is -0.142. The third-order valence-electron chi connectivity index (χ3n) is 6.79. The summed E-state index contributed by atoms with van der Waals surface area (Å²) in [6.07, 6.45) is 1.38. The fourth-order valence-corrected chi connectivity index (χ4v) is 5.05. The number of rotatable bonds is 5. The average Bonchev–Trinajstić information content (AvgIpc) is 3.41. The van der Waals surface area contributed by atoms with Crippen molar-refractivity contribution in [3.05, 3.63) is 83.7 Å². The van der Waals surface area contributed by atoms with E-state index >= 15 is 0 Å². The molecule has 2 atom stereocenters. The number of carboxylic acids is 1. The Balaban J connectivity index is 1.22. The van der Waals surface area contributed by atoms with E-state index < -0.39 is 24.0 Å². The molecular formula is C27H25N3O5. The molecule has 178 valence electrons. The molecule has 8 nitrogen and oxygen atoms in total. The molecule has 8 heteroatoms. The summed E-state index contributed by atoms with van der Waals surface area (Å²) in [4.78, 5) is 42.3. The number of fused-ring (bicyclic) bond motifs is 3. The molecule has 0 saturated carbocycles. The van der Waals surface area contributed by atoms with E-state index in [1.165, 1.54) is 17.2 Å². The van der Waals surface area contributed by atoms with Gasteiger partial charge in [-0.1, -0.05) is 55.5 Å². The number of amides is 2. The number of nitrogens with zero attached hydrogens (tertiary/aromatic N) is 2. The lowest BCUT2D eigenvalue weighted by atomic mass is 9.98. The molecule has 3 aromatic rings.